The summed E-state index contributed by atoms with van der Waals surface area (Å²) in [4.78, 5) is 14.8. The van der Waals surface area contributed by atoms with Crippen LogP contribution in [-0.4, -0.2) is 54.6 Å². The van der Waals surface area contributed by atoms with Gasteiger partial charge in [-0.2, -0.15) is 0 Å². The fourth-order valence-corrected chi connectivity index (χ4v) is 1.99. The number of hydrogen-bond donors (Lipinski definition) is 1. The Bertz CT molecular complexity index is 463. The molecule has 0 radical (unpaired) electrons. The second-order valence-corrected chi connectivity index (χ2v) is 5.35. The smallest absolute Gasteiger partial charge is 0.317 e. The van der Waals surface area contributed by atoms with Crippen molar-refractivity contribution in [3.05, 3.63) is 35.1 Å². The van der Waals surface area contributed by atoms with Crippen LogP contribution < -0.4 is 0 Å². The van der Waals surface area contributed by atoms with E-state index in [-0.39, 0.29) is 18.4 Å². The van der Waals surface area contributed by atoms with E-state index in [1.807, 2.05) is 36.9 Å². The highest BCUT2D eigenvalue weighted by molar-refractivity contribution is 5.69. The third-order valence-corrected chi connectivity index (χ3v) is 3.40. The van der Waals surface area contributed by atoms with Crippen LogP contribution in [0.5, 0.6) is 0 Å². The molecule has 1 N–H and O–H groups in total. The molecule has 0 aromatic heterocycles. The van der Waals surface area contributed by atoms with Crippen molar-refractivity contribution in [3.8, 4) is 0 Å². The lowest BCUT2D eigenvalue weighted by Gasteiger charge is -2.29. The molecule has 0 fully saturated rings. The maximum Gasteiger partial charge on any atom is 0.317 e. The van der Waals surface area contributed by atoms with Crippen LogP contribution in [0.15, 0.2) is 18.2 Å². The number of rotatable bonds is 7. The van der Waals surface area contributed by atoms with Crippen LogP contribution in [0.2, 0.25) is 0 Å². The molecule has 0 amide bonds. The largest absolute Gasteiger partial charge is 0.480 e. The molecule has 0 saturated heterocycles. The van der Waals surface area contributed by atoms with Crippen LogP contribution in [-0.2, 0) is 4.79 Å². The summed E-state index contributed by atoms with van der Waals surface area (Å²) < 4.78 is 13.6. The van der Waals surface area contributed by atoms with Gasteiger partial charge in [0.1, 0.15) is 5.82 Å². The fourth-order valence-electron chi connectivity index (χ4n) is 1.99. The average Bonchev–Trinajstić information content (AvgIpc) is 2.36. The minimum absolute atomic E-state index is 0.0511. The molecule has 1 atom stereocenters. The summed E-state index contributed by atoms with van der Waals surface area (Å²) in [7, 11) is 3.88. The first-order valence-corrected chi connectivity index (χ1v) is 6.68. The Morgan fingerprint density at radius 3 is 2.50 bits per heavy atom. The van der Waals surface area contributed by atoms with Crippen LogP contribution >= 0.6 is 0 Å². The Balaban J connectivity index is 2.87. The van der Waals surface area contributed by atoms with Crippen molar-refractivity contribution in [2.24, 2.45) is 0 Å². The molecular weight excluding hydrogens is 259 g/mol. The number of aryl methyl sites for hydroxylation is 1. The van der Waals surface area contributed by atoms with Crippen LogP contribution in [0.4, 0.5) is 4.39 Å². The molecule has 1 unspecified atom stereocenters. The van der Waals surface area contributed by atoms with Crippen molar-refractivity contribution in [1.29, 1.82) is 0 Å². The molecule has 0 aliphatic heterocycles. The van der Waals surface area contributed by atoms with E-state index in [4.69, 9.17) is 5.11 Å². The molecule has 0 saturated carbocycles. The first-order chi connectivity index (χ1) is 9.31. The van der Waals surface area contributed by atoms with Crippen LogP contribution in [0.1, 0.15) is 24.1 Å². The van der Waals surface area contributed by atoms with E-state index in [0.29, 0.717) is 12.1 Å². The Morgan fingerprint density at radius 2 is 2.00 bits per heavy atom. The van der Waals surface area contributed by atoms with Gasteiger partial charge in [-0.05, 0) is 45.1 Å². The molecule has 1 rings (SSSR count). The van der Waals surface area contributed by atoms with Gasteiger partial charge in [0.05, 0.1) is 6.54 Å². The lowest BCUT2D eigenvalue weighted by Crippen LogP contribution is -2.37. The number of hydrogen-bond acceptors (Lipinski definition) is 3. The monoisotopic (exact) mass is 282 g/mol. The van der Waals surface area contributed by atoms with Gasteiger partial charge in [-0.3, -0.25) is 9.69 Å². The summed E-state index contributed by atoms with van der Waals surface area (Å²) in [6.07, 6.45) is 0. The zero-order valence-electron chi connectivity index (χ0n) is 12.6. The average molecular weight is 282 g/mol. The van der Waals surface area contributed by atoms with Crippen molar-refractivity contribution >= 4 is 5.97 Å². The zero-order valence-corrected chi connectivity index (χ0v) is 12.6. The SMILES string of the molecule is Cc1ccc(C(C)N(CCN(C)C)CC(=O)O)cc1F. The number of aliphatic carboxylic acids is 1. The molecule has 4 nitrogen and oxygen atoms in total. The number of carbonyl (C=O) groups is 1. The molecule has 1 aromatic rings. The molecule has 0 spiro atoms. The van der Waals surface area contributed by atoms with Gasteiger partial charge < -0.3 is 10.0 Å². The number of carboxylic acid groups (broad SMARTS) is 1. The fraction of sp³-hybridized carbons (Fsp3) is 0.533. The van der Waals surface area contributed by atoms with Gasteiger partial charge in [0.25, 0.3) is 0 Å². The van der Waals surface area contributed by atoms with Crippen molar-refractivity contribution < 1.29 is 14.3 Å². The van der Waals surface area contributed by atoms with Gasteiger partial charge in [-0.25, -0.2) is 4.39 Å². The Morgan fingerprint density at radius 1 is 1.35 bits per heavy atom. The van der Waals surface area contributed by atoms with Gasteiger partial charge >= 0.3 is 5.97 Å². The van der Waals surface area contributed by atoms with E-state index in [1.54, 1.807) is 13.0 Å². The van der Waals surface area contributed by atoms with E-state index in [0.717, 1.165) is 12.1 Å². The molecule has 20 heavy (non-hydrogen) atoms. The number of halogens is 1. The molecule has 5 heteroatoms. The van der Waals surface area contributed by atoms with Crippen molar-refractivity contribution in [3.63, 3.8) is 0 Å². The minimum atomic E-state index is -0.872. The molecule has 0 bridgehead atoms. The Labute approximate surface area is 119 Å². The summed E-state index contributed by atoms with van der Waals surface area (Å²) in [5, 5.41) is 9.01. The quantitative estimate of drug-likeness (QED) is 0.832. The molecule has 112 valence electrons. The van der Waals surface area contributed by atoms with E-state index < -0.39 is 5.97 Å². The highest BCUT2D eigenvalue weighted by Gasteiger charge is 2.19. The Hall–Kier alpha value is -1.46. The van der Waals surface area contributed by atoms with Gasteiger partial charge in [0.2, 0.25) is 0 Å². The van der Waals surface area contributed by atoms with Crippen LogP contribution in [0.25, 0.3) is 0 Å². The number of carboxylic acids is 1. The Kier molecular flexibility index (Phi) is 6.10. The summed E-state index contributed by atoms with van der Waals surface area (Å²) >= 11 is 0. The molecular formula is C15H23FN2O2. The van der Waals surface area contributed by atoms with Crippen LogP contribution in [0, 0.1) is 12.7 Å². The highest BCUT2D eigenvalue weighted by atomic mass is 19.1. The molecule has 0 heterocycles. The highest BCUT2D eigenvalue weighted by Crippen LogP contribution is 2.22. The molecule has 1 aromatic carbocycles. The van der Waals surface area contributed by atoms with Gasteiger partial charge in [-0.15, -0.1) is 0 Å². The standard InChI is InChI=1S/C15H23FN2O2/c1-11-5-6-13(9-14(11)16)12(2)18(10-15(19)20)8-7-17(3)4/h5-6,9,12H,7-8,10H2,1-4H3,(H,19,20). The normalized spacial score (nSPS) is 12.9. The first kappa shape index (κ1) is 16.6. The van der Waals surface area contributed by atoms with E-state index in [2.05, 4.69) is 0 Å². The lowest BCUT2D eigenvalue weighted by atomic mass is 10.0. The number of nitrogens with zero attached hydrogens (tertiary/aromatic N) is 2. The second kappa shape index (κ2) is 7.36. The van der Waals surface area contributed by atoms with Gasteiger partial charge in [0.15, 0.2) is 0 Å². The summed E-state index contributed by atoms with van der Waals surface area (Å²) in [6.45, 7) is 4.94. The first-order valence-electron chi connectivity index (χ1n) is 6.68. The predicted octanol–water partition coefficient (Wildman–Crippen LogP) is 2.14. The molecule has 0 aliphatic rings. The second-order valence-electron chi connectivity index (χ2n) is 5.35. The number of likely N-dealkylation sites (N-methyl/N-ethyl adjacent to an activating group) is 1. The zero-order chi connectivity index (χ0) is 15.3. The third-order valence-electron chi connectivity index (χ3n) is 3.40. The van der Waals surface area contributed by atoms with Crippen molar-refractivity contribution in [2.75, 3.05) is 33.7 Å². The van der Waals surface area contributed by atoms with E-state index >= 15 is 0 Å². The maximum atomic E-state index is 13.6. The molecule has 0 aliphatic carbocycles. The van der Waals surface area contributed by atoms with E-state index in [1.165, 1.54) is 6.07 Å². The number of benzene rings is 1. The topological polar surface area (TPSA) is 43.8 Å². The van der Waals surface area contributed by atoms with Crippen LogP contribution in [0.3, 0.4) is 0 Å². The summed E-state index contributed by atoms with van der Waals surface area (Å²) in [6, 6.07) is 4.94. The van der Waals surface area contributed by atoms with Crippen molar-refractivity contribution in [1.82, 2.24) is 9.80 Å². The summed E-state index contributed by atoms with van der Waals surface area (Å²) in [5.41, 5.74) is 1.40. The lowest BCUT2D eigenvalue weighted by molar-refractivity contribution is -0.138. The third kappa shape index (κ3) is 4.90. The predicted molar refractivity (Wildman–Crippen MR) is 77.3 cm³/mol. The van der Waals surface area contributed by atoms with E-state index in [9.17, 15) is 9.18 Å². The van der Waals surface area contributed by atoms with Crippen molar-refractivity contribution in [2.45, 2.75) is 19.9 Å². The van der Waals surface area contributed by atoms with Gasteiger partial charge in [0, 0.05) is 19.1 Å². The minimum Gasteiger partial charge on any atom is -0.480 e. The van der Waals surface area contributed by atoms with Gasteiger partial charge in [-0.1, -0.05) is 12.1 Å². The summed E-state index contributed by atoms with van der Waals surface area (Å²) in [5.74, 6) is -1.12. The maximum absolute atomic E-state index is 13.6.